The molecule has 0 saturated heterocycles. The molecule has 1 N–H and O–H groups in total. The van der Waals surface area contributed by atoms with E-state index in [0.717, 1.165) is 16.9 Å². The molecular weight excluding hydrogens is 576 g/mol. The first-order valence-electron chi connectivity index (χ1n) is 12.6. The van der Waals surface area contributed by atoms with Gasteiger partial charge in [0.1, 0.15) is 22.9 Å². The number of benzene rings is 3. The summed E-state index contributed by atoms with van der Waals surface area (Å²) in [4.78, 5) is 32.9. The van der Waals surface area contributed by atoms with Gasteiger partial charge in [-0.25, -0.2) is 9.97 Å². The van der Waals surface area contributed by atoms with E-state index in [0.29, 0.717) is 38.7 Å². The number of anilines is 1. The van der Waals surface area contributed by atoms with Gasteiger partial charge in [0.2, 0.25) is 11.1 Å². The number of hydrogen-bond donors (Lipinski definition) is 1. The number of amides is 1. The van der Waals surface area contributed by atoms with Crippen LogP contribution in [0.3, 0.4) is 0 Å². The summed E-state index contributed by atoms with van der Waals surface area (Å²) in [7, 11) is 3.21. The number of thioether (sulfide) groups is 1. The van der Waals surface area contributed by atoms with E-state index < -0.39 is 10.2 Å². The topological polar surface area (TPSA) is 142 Å². The number of nitrogens with one attached hydrogen (secondary N) is 1. The zero-order valence-corrected chi connectivity index (χ0v) is 24.3. The standard InChI is InChI=1S/C29H24N6O5S2/c1-17(27(36)32-28-30-24(16-41-28)20-5-4-6-21(15-20)35(37)38)42-29-31-25(18-7-11-22(39-2)12-8-18)26(33-34-29)19-9-13-23(40-3)14-10-19/h4-17H,1-3H3,(H,30,32,36). The third kappa shape index (κ3) is 6.53. The summed E-state index contributed by atoms with van der Waals surface area (Å²) in [5.41, 5.74) is 3.90. The molecule has 0 aliphatic rings. The molecule has 1 amide bonds. The van der Waals surface area contributed by atoms with Crippen LogP contribution in [0.4, 0.5) is 10.8 Å². The van der Waals surface area contributed by atoms with Crippen LogP contribution in [0.15, 0.2) is 83.3 Å². The molecule has 0 spiro atoms. The fraction of sp³-hybridized carbons (Fsp3) is 0.138. The lowest BCUT2D eigenvalue weighted by Gasteiger charge is -2.12. The summed E-state index contributed by atoms with van der Waals surface area (Å²) >= 11 is 2.40. The largest absolute Gasteiger partial charge is 0.497 e. The number of nitro benzene ring substituents is 1. The van der Waals surface area contributed by atoms with E-state index >= 15 is 0 Å². The second kappa shape index (κ2) is 12.7. The Morgan fingerprint density at radius 3 is 2.17 bits per heavy atom. The molecule has 3 aromatic carbocycles. The highest BCUT2D eigenvalue weighted by molar-refractivity contribution is 8.00. The Labute approximate surface area is 249 Å². The molecule has 0 radical (unpaired) electrons. The number of aromatic nitrogens is 4. The Balaban J connectivity index is 1.35. The molecule has 212 valence electrons. The van der Waals surface area contributed by atoms with Crippen molar-refractivity contribution in [3.8, 4) is 45.3 Å². The van der Waals surface area contributed by atoms with Crippen LogP contribution in [0.5, 0.6) is 11.5 Å². The minimum atomic E-state index is -0.576. The number of methoxy groups -OCH3 is 2. The third-order valence-electron chi connectivity index (χ3n) is 6.13. The van der Waals surface area contributed by atoms with Crippen molar-refractivity contribution in [2.45, 2.75) is 17.3 Å². The summed E-state index contributed by atoms with van der Waals surface area (Å²) in [5, 5.41) is 24.6. The van der Waals surface area contributed by atoms with E-state index in [1.807, 2.05) is 48.5 Å². The van der Waals surface area contributed by atoms with Crippen molar-refractivity contribution >= 4 is 39.8 Å². The maximum atomic E-state index is 13.0. The molecular formula is C29H24N6O5S2. The van der Waals surface area contributed by atoms with Crippen molar-refractivity contribution in [2.75, 3.05) is 19.5 Å². The molecule has 0 bridgehead atoms. The SMILES string of the molecule is COc1ccc(-c2nnc(SC(C)C(=O)Nc3nc(-c4cccc([N+](=O)[O-])c4)cs3)nc2-c2ccc(OC)cc2)cc1. The number of thiazole rings is 1. The summed E-state index contributed by atoms with van der Waals surface area (Å²) in [6.45, 7) is 1.74. The molecule has 11 nitrogen and oxygen atoms in total. The van der Waals surface area contributed by atoms with Crippen LogP contribution in [-0.4, -0.2) is 50.5 Å². The third-order valence-corrected chi connectivity index (χ3v) is 7.84. The van der Waals surface area contributed by atoms with Crippen LogP contribution in [0.1, 0.15) is 6.92 Å². The maximum absolute atomic E-state index is 13.0. The fourth-order valence-corrected chi connectivity index (χ4v) is 5.35. The van der Waals surface area contributed by atoms with Crippen LogP contribution < -0.4 is 14.8 Å². The second-order valence-corrected chi connectivity index (χ2v) is 11.0. The molecule has 1 unspecified atom stereocenters. The Hall–Kier alpha value is -4.88. The Morgan fingerprint density at radius 2 is 1.55 bits per heavy atom. The van der Waals surface area contributed by atoms with Crippen LogP contribution in [0, 0.1) is 10.1 Å². The fourth-order valence-electron chi connectivity index (χ4n) is 3.92. The number of nitrogens with zero attached hydrogens (tertiary/aromatic N) is 5. The number of hydrogen-bond acceptors (Lipinski definition) is 11. The van der Waals surface area contributed by atoms with Crippen molar-refractivity contribution in [3.63, 3.8) is 0 Å². The highest BCUT2D eigenvalue weighted by Crippen LogP contribution is 2.33. The Kier molecular flexibility index (Phi) is 8.69. The molecule has 42 heavy (non-hydrogen) atoms. The van der Waals surface area contributed by atoms with Gasteiger partial charge in [0.25, 0.3) is 5.69 Å². The van der Waals surface area contributed by atoms with E-state index in [1.54, 1.807) is 38.7 Å². The number of carbonyl (C=O) groups excluding carboxylic acids is 1. The van der Waals surface area contributed by atoms with Gasteiger partial charge in [-0.3, -0.25) is 14.9 Å². The van der Waals surface area contributed by atoms with Gasteiger partial charge in [-0.05, 0) is 55.5 Å². The van der Waals surface area contributed by atoms with Gasteiger partial charge in [-0.2, -0.15) is 0 Å². The summed E-state index contributed by atoms with van der Waals surface area (Å²) in [6.07, 6.45) is 0. The molecule has 5 aromatic rings. The molecule has 2 aromatic heterocycles. The average Bonchev–Trinajstić information content (AvgIpc) is 3.49. The van der Waals surface area contributed by atoms with Gasteiger partial charge in [0.15, 0.2) is 5.13 Å². The van der Waals surface area contributed by atoms with Gasteiger partial charge >= 0.3 is 0 Å². The monoisotopic (exact) mass is 600 g/mol. The predicted molar refractivity (Wildman–Crippen MR) is 162 cm³/mol. The zero-order valence-electron chi connectivity index (χ0n) is 22.7. The van der Waals surface area contributed by atoms with Crippen molar-refractivity contribution in [1.29, 1.82) is 0 Å². The maximum Gasteiger partial charge on any atom is 0.270 e. The zero-order chi connectivity index (χ0) is 29.6. The highest BCUT2D eigenvalue weighted by Gasteiger charge is 2.21. The van der Waals surface area contributed by atoms with Crippen LogP contribution in [-0.2, 0) is 4.79 Å². The molecule has 0 aliphatic carbocycles. The normalized spacial score (nSPS) is 11.5. The van der Waals surface area contributed by atoms with Crippen molar-refractivity contribution in [3.05, 3.63) is 88.3 Å². The smallest absolute Gasteiger partial charge is 0.270 e. The van der Waals surface area contributed by atoms with Gasteiger partial charge in [0, 0.05) is 34.2 Å². The van der Waals surface area contributed by atoms with E-state index in [2.05, 4.69) is 20.5 Å². The Bertz CT molecular complexity index is 1730. The van der Waals surface area contributed by atoms with Crippen LogP contribution in [0.2, 0.25) is 0 Å². The molecule has 0 saturated carbocycles. The highest BCUT2D eigenvalue weighted by atomic mass is 32.2. The first kappa shape index (κ1) is 28.6. The summed E-state index contributed by atoms with van der Waals surface area (Å²) < 4.78 is 10.6. The van der Waals surface area contributed by atoms with Crippen LogP contribution >= 0.6 is 23.1 Å². The number of rotatable bonds is 10. The minimum Gasteiger partial charge on any atom is -0.497 e. The molecule has 1 atom stereocenters. The second-order valence-electron chi connectivity index (χ2n) is 8.84. The lowest BCUT2D eigenvalue weighted by Crippen LogP contribution is -2.22. The molecule has 5 rings (SSSR count). The Morgan fingerprint density at radius 1 is 0.905 bits per heavy atom. The first-order chi connectivity index (χ1) is 20.3. The molecule has 0 aliphatic heterocycles. The van der Waals surface area contributed by atoms with Crippen molar-refractivity contribution < 1.29 is 19.2 Å². The number of ether oxygens (including phenoxy) is 2. The average molecular weight is 601 g/mol. The van der Waals surface area contributed by atoms with Gasteiger partial charge < -0.3 is 14.8 Å². The molecule has 13 heteroatoms. The van der Waals surface area contributed by atoms with Crippen molar-refractivity contribution in [2.24, 2.45) is 0 Å². The summed E-state index contributed by atoms with van der Waals surface area (Å²) in [6, 6.07) is 21.1. The first-order valence-corrected chi connectivity index (χ1v) is 14.3. The molecule has 0 fully saturated rings. The minimum absolute atomic E-state index is 0.0308. The van der Waals surface area contributed by atoms with Gasteiger partial charge in [-0.1, -0.05) is 23.9 Å². The number of non-ortho nitro benzene ring substituents is 1. The van der Waals surface area contributed by atoms with Gasteiger partial charge in [-0.15, -0.1) is 21.5 Å². The van der Waals surface area contributed by atoms with Crippen LogP contribution in [0.25, 0.3) is 33.8 Å². The summed E-state index contributed by atoms with van der Waals surface area (Å²) in [5.74, 6) is 1.13. The lowest BCUT2D eigenvalue weighted by molar-refractivity contribution is -0.384. The van der Waals surface area contributed by atoms with E-state index in [4.69, 9.17) is 14.5 Å². The number of carbonyl (C=O) groups is 1. The van der Waals surface area contributed by atoms with Crippen molar-refractivity contribution in [1.82, 2.24) is 20.2 Å². The quantitative estimate of drug-likeness (QED) is 0.109. The van der Waals surface area contributed by atoms with E-state index in [1.165, 1.54) is 35.2 Å². The lowest BCUT2D eigenvalue weighted by atomic mass is 10.0. The van der Waals surface area contributed by atoms with E-state index in [-0.39, 0.29) is 11.6 Å². The molecule has 2 heterocycles. The predicted octanol–water partition coefficient (Wildman–Crippen LogP) is 6.37. The van der Waals surface area contributed by atoms with E-state index in [9.17, 15) is 14.9 Å². The van der Waals surface area contributed by atoms with Gasteiger partial charge in [0.05, 0.1) is 30.1 Å². The number of nitro groups is 1.